The van der Waals surface area contributed by atoms with E-state index in [2.05, 4.69) is 5.32 Å². The van der Waals surface area contributed by atoms with Gasteiger partial charge >= 0.3 is 0 Å². The molecule has 0 saturated carbocycles. The Balaban J connectivity index is 2.03. The molecule has 1 atom stereocenters. The molecule has 0 spiro atoms. The summed E-state index contributed by atoms with van der Waals surface area (Å²) >= 11 is 12.8. The second-order valence-corrected chi connectivity index (χ2v) is 12.1. The molecule has 0 aliphatic rings. The number of carbonyl (C=O) groups excluding carboxylic acids is 2. The summed E-state index contributed by atoms with van der Waals surface area (Å²) in [5, 5.41) is 3.39. The molecular formula is C30H34Cl2FN3O5S. The van der Waals surface area contributed by atoms with Gasteiger partial charge in [0.2, 0.25) is 11.8 Å². The van der Waals surface area contributed by atoms with Crippen LogP contribution < -0.4 is 14.4 Å². The van der Waals surface area contributed by atoms with Crippen molar-refractivity contribution >= 4 is 50.7 Å². The van der Waals surface area contributed by atoms with E-state index in [1.807, 2.05) is 6.92 Å². The summed E-state index contributed by atoms with van der Waals surface area (Å²) in [6.45, 7) is 5.32. The molecule has 1 N–H and O–H groups in total. The minimum Gasteiger partial charge on any atom is -0.494 e. The summed E-state index contributed by atoms with van der Waals surface area (Å²) in [6.07, 6.45) is 1.62. The SMILES string of the molecule is CCCCNC(=O)[C@@H](C)N(Cc1c(Cl)cccc1Cl)C(=O)CN(c1ccc(F)cc1)S(=O)(=O)c1ccc(OCC)cc1. The minimum atomic E-state index is -4.32. The number of hydrogen-bond donors (Lipinski definition) is 1. The van der Waals surface area contributed by atoms with Gasteiger partial charge in [-0.15, -0.1) is 0 Å². The van der Waals surface area contributed by atoms with Crippen molar-refractivity contribution in [3.8, 4) is 5.75 Å². The Bertz CT molecular complexity index is 1450. The fraction of sp³-hybridized carbons (Fsp3) is 0.333. The van der Waals surface area contributed by atoms with Crippen LogP contribution in [-0.2, 0) is 26.2 Å². The monoisotopic (exact) mass is 637 g/mol. The van der Waals surface area contributed by atoms with Crippen LogP contribution >= 0.6 is 23.2 Å². The Kier molecular flexibility index (Phi) is 12.0. The average Bonchev–Trinajstić information content (AvgIpc) is 2.96. The normalized spacial score (nSPS) is 12.0. The van der Waals surface area contributed by atoms with Gasteiger partial charge < -0.3 is 15.0 Å². The van der Waals surface area contributed by atoms with Crippen molar-refractivity contribution in [1.82, 2.24) is 10.2 Å². The predicted octanol–water partition coefficient (Wildman–Crippen LogP) is 6.06. The van der Waals surface area contributed by atoms with E-state index in [-0.39, 0.29) is 27.2 Å². The van der Waals surface area contributed by atoms with Crippen molar-refractivity contribution in [3.63, 3.8) is 0 Å². The van der Waals surface area contributed by atoms with E-state index < -0.39 is 40.2 Å². The van der Waals surface area contributed by atoms with Gasteiger partial charge in [0.05, 0.1) is 17.2 Å². The van der Waals surface area contributed by atoms with Crippen molar-refractivity contribution in [2.24, 2.45) is 0 Å². The van der Waals surface area contributed by atoms with Gasteiger partial charge in [0.15, 0.2) is 0 Å². The van der Waals surface area contributed by atoms with Crippen molar-refractivity contribution < 1.29 is 27.1 Å². The summed E-state index contributed by atoms with van der Waals surface area (Å²) in [6, 6.07) is 14.4. The molecule has 226 valence electrons. The maximum atomic E-state index is 14.0. The van der Waals surface area contributed by atoms with E-state index >= 15 is 0 Å². The lowest BCUT2D eigenvalue weighted by atomic mass is 10.1. The lowest BCUT2D eigenvalue weighted by molar-refractivity contribution is -0.139. The number of amides is 2. The molecule has 3 rings (SSSR count). The van der Waals surface area contributed by atoms with Crippen LogP contribution in [0.4, 0.5) is 10.1 Å². The van der Waals surface area contributed by atoms with E-state index in [0.717, 1.165) is 29.3 Å². The van der Waals surface area contributed by atoms with Gasteiger partial charge in [0, 0.05) is 28.7 Å². The highest BCUT2D eigenvalue weighted by Gasteiger charge is 2.33. The zero-order chi connectivity index (χ0) is 30.9. The van der Waals surface area contributed by atoms with Gasteiger partial charge in [-0.25, -0.2) is 12.8 Å². The van der Waals surface area contributed by atoms with Gasteiger partial charge in [-0.2, -0.15) is 0 Å². The summed E-state index contributed by atoms with van der Waals surface area (Å²) in [5.74, 6) is -1.20. The third kappa shape index (κ3) is 8.36. The molecule has 42 heavy (non-hydrogen) atoms. The fourth-order valence-electron chi connectivity index (χ4n) is 4.11. The third-order valence-electron chi connectivity index (χ3n) is 6.50. The van der Waals surface area contributed by atoms with Crippen LogP contribution in [0.25, 0.3) is 0 Å². The number of rotatable bonds is 14. The highest BCUT2D eigenvalue weighted by Crippen LogP contribution is 2.29. The maximum absolute atomic E-state index is 14.0. The predicted molar refractivity (Wildman–Crippen MR) is 163 cm³/mol. The van der Waals surface area contributed by atoms with Crippen LogP contribution in [0.15, 0.2) is 71.6 Å². The van der Waals surface area contributed by atoms with Gasteiger partial charge in [0.25, 0.3) is 10.0 Å². The highest BCUT2D eigenvalue weighted by atomic mass is 35.5. The molecule has 0 saturated heterocycles. The fourth-order valence-corrected chi connectivity index (χ4v) is 6.04. The number of nitrogens with zero attached hydrogens (tertiary/aromatic N) is 2. The topological polar surface area (TPSA) is 96.0 Å². The lowest BCUT2D eigenvalue weighted by Crippen LogP contribution is -2.51. The quantitative estimate of drug-likeness (QED) is 0.217. The Hall–Kier alpha value is -3.34. The second-order valence-electron chi connectivity index (χ2n) is 9.43. The van der Waals surface area contributed by atoms with E-state index in [0.29, 0.717) is 24.5 Å². The van der Waals surface area contributed by atoms with Gasteiger partial charge in [-0.3, -0.25) is 13.9 Å². The molecular weight excluding hydrogens is 604 g/mol. The van der Waals surface area contributed by atoms with E-state index in [1.54, 1.807) is 32.0 Å². The summed E-state index contributed by atoms with van der Waals surface area (Å²) < 4.78 is 47.9. The van der Waals surface area contributed by atoms with Crippen LogP contribution in [0.5, 0.6) is 5.75 Å². The molecule has 0 aromatic heterocycles. The minimum absolute atomic E-state index is 0.0643. The van der Waals surface area contributed by atoms with Gasteiger partial charge in [-0.1, -0.05) is 42.6 Å². The van der Waals surface area contributed by atoms with Crippen molar-refractivity contribution in [1.29, 1.82) is 0 Å². The number of carbonyl (C=O) groups is 2. The molecule has 12 heteroatoms. The van der Waals surface area contributed by atoms with Crippen LogP contribution in [-0.4, -0.2) is 50.9 Å². The van der Waals surface area contributed by atoms with Crippen molar-refractivity contribution in [2.45, 2.75) is 51.1 Å². The zero-order valence-electron chi connectivity index (χ0n) is 23.6. The van der Waals surface area contributed by atoms with Gasteiger partial charge in [-0.05, 0) is 80.9 Å². The molecule has 2 amide bonds. The number of halogens is 3. The largest absolute Gasteiger partial charge is 0.494 e. The standard InChI is InChI=1S/C30H34Cl2FN3O5S/c1-4-6-18-34-30(38)21(3)35(19-26-27(31)8-7-9-28(26)32)29(37)20-36(23-12-10-22(33)11-13-23)42(39,40)25-16-14-24(15-17-25)41-5-2/h7-17,21H,4-6,18-20H2,1-3H3,(H,34,38)/t21-/m1/s1. The summed E-state index contributed by atoms with van der Waals surface area (Å²) in [7, 11) is -4.32. The van der Waals surface area contributed by atoms with E-state index in [1.165, 1.54) is 41.3 Å². The molecule has 0 unspecified atom stereocenters. The number of nitrogens with one attached hydrogen (secondary N) is 1. The van der Waals surface area contributed by atoms with Crippen LogP contribution in [0.3, 0.4) is 0 Å². The number of benzene rings is 3. The Morgan fingerprint density at radius 2 is 1.60 bits per heavy atom. The van der Waals surface area contributed by atoms with E-state index in [9.17, 15) is 22.4 Å². The summed E-state index contributed by atoms with van der Waals surface area (Å²) in [5.41, 5.74) is 0.472. The lowest BCUT2D eigenvalue weighted by Gasteiger charge is -2.32. The van der Waals surface area contributed by atoms with Crippen LogP contribution in [0, 0.1) is 5.82 Å². The van der Waals surface area contributed by atoms with Crippen molar-refractivity contribution in [3.05, 3.63) is 88.2 Å². The Morgan fingerprint density at radius 3 is 2.17 bits per heavy atom. The molecule has 0 heterocycles. The first-order valence-electron chi connectivity index (χ1n) is 13.5. The number of ether oxygens (including phenoxy) is 1. The molecule has 3 aromatic carbocycles. The zero-order valence-corrected chi connectivity index (χ0v) is 26.0. The maximum Gasteiger partial charge on any atom is 0.264 e. The summed E-state index contributed by atoms with van der Waals surface area (Å²) in [4.78, 5) is 28.2. The van der Waals surface area contributed by atoms with Crippen LogP contribution in [0.2, 0.25) is 10.0 Å². The Morgan fingerprint density at radius 1 is 0.976 bits per heavy atom. The highest BCUT2D eigenvalue weighted by molar-refractivity contribution is 7.92. The Labute approximate surface area is 256 Å². The number of hydrogen-bond acceptors (Lipinski definition) is 5. The molecule has 3 aromatic rings. The second kappa shape index (κ2) is 15.2. The van der Waals surface area contributed by atoms with E-state index in [4.69, 9.17) is 27.9 Å². The molecule has 0 bridgehead atoms. The molecule has 0 aliphatic carbocycles. The first-order valence-corrected chi connectivity index (χ1v) is 15.7. The third-order valence-corrected chi connectivity index (χ3v) is 9.00. The van der Waals surface area contributed by atoms with Crippen LogP contribution in [0.1, 0.15) is 39.2 Å². The van der Waals surface area contributed by atoms with Gasteiger partial charge in [0.1, 0.15) is 24.2 Å². The number of sulfonamides is 1. The molecule has 0 aliphatic heterocycles. The van der Waals surface area contributed by atoms with Crippen molar-refractivity contribution in [2.75, 3.05) is 24.0 Å². The smallest absolute Gasteiger partial charge is 0.264 e. The molecule has 0 fully saturated rings. The number of anilines is 1. The average molecular weight is 639 g/mol. The molecule has 0 radical (unpaired) electrons. The first-order chi connectivity index (χ1) is 20.0. The first kappa shape index (κ1) is 33.2. The molecule has 8 nitrogen and oxygen atoms in total. The number of unbranched alkanes of at least 4 members (excludes halogenated alkanes) is 1.